The fourth-order valence-corrected chi connectivity index (χ4v) is 1.18. The summed E-state index contributed by atoms with van der Waals surface area (Å²) in [5, 5.41) is 0. The molecule has 1 aliphatic rings. The van der Waals surface area contributed by atoms with Gasteiger partial charge in [-0.25, -0.2) is 0 Å². The molecule has 0 bridgehead atoms. The Kier molecular flexibility index (Phi) is 5.87. The van der Waals surface area contributed by atoms with Crippen LogP contribution in [0.3, 0.4) is 0 Å². The molecule has 1 rings (SSSR count). The Morgan fingerprint density at radius 3 is 2.15 bits per heavy atom. The Morgan fingerprint density at radius 2 is 1.31 bits per heavy atom. The largest absolute Gasteiger partial charge is 0.0845 e. The first-order valence-corrected chi connectivity index (χ1v) is 4.97. The lowest BCUT2D eigenvalue weighted by Crippen LogP contribution is -1.75. The highest BCUT2D eigenvalue weighted by atomic mass is 13.9. The summed E-state index contributed by atoms with van der Waals surface area (Å²) < 4.78 is 0. The third kappa shape index (κ3) is 6.15. The third-order valence-electron chi connectivity index (χ3n) is 1.91. The minimum atomic E-state index is 1.10. The standard InChI is InChI=1S/C13H17/c1-2-4-6-8-10-12-13-11-9-7-5-3-1/h1-8,11H,9-10,12-13H2/b3-1+,4-2+,7-5-,8-6-. The van der Waals surface area contributed by atoms with Crippen LogP contribution in [0.4, 0.5) is 0 Å². The third-order valence-corrected chi connectivity index (χ3v) is 1.91. The van der Waals surface area contributed by atoms with Crippen molar-refractivity contribution >= 4 is 0 Å². The van der Waals surface area contributed by atoms with Crippen molar-refractivity contribution in [2.45, 2.75) is 25.7 Å². The molecule has 0 atom stereocenters. The van der Waals surface area contributed by atoms with Crippen molar-refractivity contribution in [2.75, 3.05) is 0 Å². The summed E-state index contributed by atoms with van der Waals surface area (Å²) >= 11 is 0. The second-order valence-corrected chi connectivity index (χ2v) is 3.08. The quantitative estimate of drug-likeness (QED) is 0.519. The lowest BCUT2D eigenvalue weighted by atomic mass is 10.1. The van der Waals surface area contributed by atoms with Gasteiger partial charge >= 0.3 is 0 Å². The molecule has 0 amide bonds. The van der Waals surface area contributed by atoms with Gasteiger partial charge in [-0.2, -0.15) is 0 Å². The fourth-order valence-electron chi connectivity index (χ4n) is 1.18. The Balaban J connectivity index is 2.39. The molecule has 1 aliphatic carbocycles. The van der Waals surface area contributed by atoms with Crippen LogP contribution < -0.4 is 0 Å². The van der Waals surface area contributed by atoms with Crippen molar-refractivity contribution in [3.05, 3.63) is 55.0 Å². The first-order chi connectivity index (χ1) is 6.50. The minimum Gasteiger partial charge on any atom is -0.0845 e. The smallest absolute Gasteiger partial charge is 0.0316 e. The number of hydrogen-bond donors (Lipinski definition) is 0. The maximum absolute atomic E-state index is 2.34. The molecule has 0 aliphatic heterocycles. The van der Waals surface area contributed by atoms with Crippen molar-refractivity contribution in [3.63, 3.8) is 0 Å². The van der Waals surface area contributed by atoms with Gasteiger partial charge in [-0.15, -0.1) is 0 Å². The van der Waals surface area contributed by atoms with Crippen molar-refractivity contribution in [1.29, 1.82) is 0 Å². The fraction of sp³-hybridized carbons (Fsp3) is 0.308. The molecule has 69 valence electrons. The van der Waals surface area contributed by atoms with Crippen LogP contribution in [0.2, 0.25) is 0 Å². The summed E-state index contributed by atoms with van der Waals surface area (Å²) in [5.41, 5.74) is 0. The van der Waals surface area contributed by atoms with Crippen LogP contribution in [0.5, 0.6) is 0 Å². The van der Waals surface area contributed by atoms with E-state index in [1.165, 1.54) is 19.3 Å². The van der Waals surface area contributed by atoms with Crippen molar-refractivity contribution < 1.29 is 0 Å². The molecule has 0 aromatic carbocycles. The first kappa shape index (κ1) is 10.0. The lowest BCUT2D eigenvalue weighted by Gasteiger charge is -1.93. The molecule has 1 radical (unpaired) electrons. The van der Waals surface area contributed by atoms with Crippen molar-refractivity contribution in [2.24, 2.45) is 0 Å². The first-order valence-electron chi connectivity index (χ1n) is 4.97. The van der Waals surface area contributed by atoms with Gasteiger partial charge in [0.15, 0.2) is 0 Å². The zero-order valence-electron chi connectivity index (χ0n) is 8.02. The van der Waals surface area contributed by atoms with Gasteiger partial charge in [-0.3, -0.25) is 0 Å². The molecule has 0 nitrogen and oxygen atoms in total. The lowest BCUT2D eigenvalue weighted by molar-refractivity contribution is 0.811. The highest BCUT2D eigenvalue weighted by molar-refractivity contribution is 5.15. The second kappa shape index (κ2) is 7.60. The summed E-state index contributed by atoms with van der Waals surface area (Å²) in [5.74, 6) is 0. The zero-order valence-corrected chi connectivity index (χ0v) is 8.02. The van der Waals surface area contributed by atoms with E-state index >= 15 is 0 Å². The average Bonchev–Trinajstić information content (AvgIpc) is 2.18. The van der Waals surface area contributed by atoms with Gasteiger partial charge in [0.05, 0.1) is 0 Å². The van der Waals surface area contributed by atoms with E-state index in [0.717, 1.165) is 6.42 Å². The molecule has 0 fully saturated rings. The van der Waals surface area contributed by atoms with Gasteiger partial charge in [-0.05, 0) is 32.1 Å². The normalized spacial score (nSPS) is 28.9. The molecule has 0 saturated carbocycles. The summed E-state index contributed by atoms with van der Waals surface area (Å²) in [6.07, 6.45) is 24.0. The number of rotatable bonds is 0. The topological polar surface area (TPSA) is 0 Å². The minimum absolute atomic E-state index is 1.10. The molecule has 13 heavy (non-hydrogen) atoms. The predicted octanol–water partition coefficient (Wildman–Crippen LogP) is 3.99. The van der Waals surface area contributed by atoms with Crippen LogP contribution in [0, 0.1) is 6.42 Å². The summed E-state index contributed by atoms with van der Waals surface area (Å²) in [7, 11) is 0. The van der Waals surface area contributed by atoms with E-state index in [2.05, 4.69) is 55.0 Å². The van der Waals surface area contributed by atoms with Gasteiger partial charge in [-0.1, -0.05) is 48.6 Å². The van der Waals surface area contributed by atoms with Crippen molar-refractivity contribution in [3.8, 4) is 0 Å². The summed E-state index contributed by atoms with van der Waals surface area (Å²) in [4.78, 5) is 0. The molecule has 0 heteroatoms. The van der Waals surface area contributed by atoms with Crippen LogP contribution in [0.1, 0.15) is 25.7 Å². The summed E-state index contributed by atoms with van der Waals surface area (Å²) in [6, 6.07) is 0. The maximum Gasteiger partial charge on any atom is -0.0316 e. The second-order valence-electron chi connectivity index (χ2n) is 3.08. The van der Waals surface area contributed by atoms with Gasteiger partial charge in [0.1, 0.15) is 0 Å². The van der Waals surface area contributed by atoms with Crippen LogP contribution in [0.25, 0.3) is 0 Å². The van der Waals surface area contributed by atoms with Gasteiger partial charge in [0, 0.05) is 0 Å². The van der Waals surface area contributed by atoms with Gasteiger partial charge in [0.25, 0.3) is 0 Å². The highest BCUT2D eigenvalue weighted by Crippen LogP contribution is 2.03. The molecule has 0 aromatic heterocycles. The molecular weight excluding hydrogens is 156 g/mol. The van der Waals surface area contributed by atoms with Crippen molar-refractivity contribution in [1.82, 2.24) is 0 Å². The molecule has 0 N–H and O–H groups in total. The van der Waals surface area contributed by atoms with Crippen LogP contribution in [-0.2, 0) is 0 Å². The Bertz CT molecular complexity index is 192. The molecule has 0 heterocycles. The molecule has 0 aromatic rings. The maximum atomic E-state index is 2.34. The molecule has 0 spiro atoms. The Labute approximate surface area is 81.4 Å². The number of allylic oxidation sites excluding steroid dienone is 8. The van der Waals surface area contributed by atoms with Crippen LogP contribution in [0.15, 0.2) is 48.6 Å². The Hall–Kier alpha value is -1.04. The highest BCUT2D eigenvalue weighted by Gasteiger charge is 1.85. The Morgan fingerprint density at radius 1 is 0.615 bits per heavy atom. The monoisotopic (exact) mass is 173 g/mol. The van der Waals surface area contributed by atoms with E-state index < -0.39 is 0 Å². The van der Waals surface area contributed by atoms with E-state index in [-0.39, 0.29) is 0 Å². The van der Waals surface area contributed by atoms with Crippen LogP contribution >= 0.6 is 0 Å². The average molecular weight is 173 g/mol. The predicted molar refractivity (Wildman–Crippen MR) is 59.3 cm³/mol. The SMILES string of the molecule is [CH]1C\C=C/C=C/C=C/C=C\CCC1. The molecular formula is C13H17. The number of hydrogen-bond acceptors (Lipinski definition) is 0. The van der Waals surface area contributed by atoms with Gasteiger partial charge in [0.2, 0.25) is 0 Å². The van der Waals surface area contributed by atoms with E-state index in [1.54, 1.807) is 0 Å². The van der Waals surface area contributed by atoms with Crippen LogP contribution in [-0.4, -0.2) is 0 Å². The van der Waals surface area contributed by atoms with E-state index in [4.69, 9.17) is 0 Å². The molecule has 0 unspecified atom stereocenters. The summed E-state index contributed by atoms with van der Waals surface area (Å²) in [6.45, 7) is 0. The van der Waals surface area contributed by atoms with Gasteiger partial charge < -0.3 is 0 Å². The van der Waals surface area contributed by atoms with E-state index in [0.29, 0.717) is 0 Å². The molecule has 0 saturated heterocycles. The zero-order chi connectivity index (χ0) is 9.19. The van der Waals surface area contributed by atoms with E-state index in [1.807, 2.05) is 0 Å². The van der Waals surface area contributed by atoms with E-state index in [9.17, 15) is 0 Å².